The molecule has 2 aromatic rings. The third-order valence-electron chi connectivity index (χ3n) is 1.73. The highest BCUT2D eigenvalue weighted by Crippen LogP contribution is 2.15. The molecule has 0 unspecified atom stereocenters. The van der Waals surface area contributed by atoms with Crippen LogP contribution >= 0.6 is 24.0 Å². The third kappa shape index (κ3) is 2.47. The van der Waals surface area contributed by atoms with E-state index in [2.05, 4.69) is 17.6 Å². The molecule has 0 atom stereocenters. The minimum Gasteiger partial charge on any atom is -0.255 e. The molecule has 0 N–H and O–H groups in total. The van der Waals surface area contributed by atoms with E-state index in [4.69, 9.17) is 0 Å². The molecule has 0 aliphatic carbocycles. The number of thiophene rings is 1. The Hall–Kier alpha value is -1.06. The molecule has 0 saturated heterocycles. The van der Waals surface area contributed by atoms with Crippen molar-refractivity contribution in [1.82, 2.24) is 0 Å². The lowest BCUT2D eigenvalue weighted by molar-refractivity contribution is 1.43. The normalized spacial score (nSPS) is 10.9. The van der Waals surface area contributed by atoms with Crippen molar-refractivity contribution < 1.29 is 0 Å². The number of nitrogens with zero attached hydrogens (tertiary/aromatic N) is 1. The first-order valence-corrected chi connectivity index (χ1v) is 5.54. The number of aliphatic imine (C=N–C) groups is 1. The average Bonchev–Trinajstić information content (AvgIpc) is 2.70. The molecule has 14 heavy (non-hydrogen) atoms. The van der Waals surface area contributed by atoms with Crippen molar-refractivity contribution in [1.29, 1.82) is 0 Å². The first-order chi connectivity index (χ1) is 6.84. The Labute approximate surface area is 92.5 Å². The van der Waals surface area contributed by atoms with Crippen molar-refractivity contribution in [2.24, 2.45) is 4.99 Å². The van der Waals surface area contributed by atoms with Gasteiger partial charge in [0.05, 0.1) is 5.69 Å². The molecule has 2 rings (SSSR count). The van der Waals surface area contributed by atoms with Crippen LogP contribution in [0.25, 0.3) is 0 Å². The fraction of sp³-hybridized carbons (Fsp3) is 0. The van der Waals surface area contributed by atoms with E-state index in [9.17, 15) is 0 Å². The largest absolute Gasteiger partial charge is 0.255 e. The van der Waals surface area contributed by atoms with Crippen LogP contribution in [0.5, 0.6) is 0 Å². The summed E-state index contributed by atoms with van der Waals surface area (Å²) in [5.41, 5.74) is 0.955. The molecule has 0 bridgehead atoms. The monoisotopic (exact) mass is 219 g/mol. The summed E-state index contributed by atoms with van der Waals surface area (Å²) in [6.45, 7) is 0. The lowest BCUT2D eigenvalue weighted by Gasteiger charge is -1.92. The smallest absolute Gasteiger partial charge is 0.0631 e. The molecule has 70 valence electrons. The predicted molar refractivity (Wildman–Crippen MR) is 65.3 cm³/mol. The van der Waals surface area contributed by atoms with Crippen molar-refractivity contribution in [2.75, 3.05) is 0 Å². The molecule has 0 aliphatic rings. The highest BCUT2D eigenvalue weighted by molar-refractivity contribution is 7.80. The van der Waals surface area contributed by atoms with Gasteiger partial charge < -0.3 is 0 Å². The molecule has 0 radical (unpaired) electrons. The van der Waals surface area contributed by atoms with E-state index in [1.54, 1.807) is 11.3 Å². The Morgan fingerprint density at radius 2 is 1.93 bits per heavy atom. The molecule has 1 aromatic carbocycles. The van der Waals surface area contributed by atoms with E-state index in [0.29, 0.717) is 0 Å². The second kappa shape index (κ2) is 4.44. The number of rotatable bonds is 2. The van der Waals surface area contributed by atoms with Gasteiger partial charge in [-0.05, 0) is 35.7 Å². The number of thiol groups is 1. The summed E-state index contributed by atoms with van der Waals surface area (Å²) in [4.78, 5) is 6.47. The van der Waals surface area contributed by atoms with Crippen LogP contribution in [-0.4, -0.2) is 6.21 Å². The third-order valence-corrected chi connectivity index (χ3v) is 2.84. The van der Waals surface area contributed by atoms with Crippen LogP contribution in [0.3, 0.4) is 0 Å². The molecule has 0 amide bonds. The van der Waals surface area contributed by atoms with Gasteiger partial charge in [0, 0.05) is 16.0 Å². The van der Waals surface area contributed by atoms with Crippen molar-refractivity contribution in [3.05, 3.63) is 46.7 Å². The van der Waals surface area contributed by atoms with Gasteiger partial charge in [0.1, 0.15) is 0 Å². The molecule has 0 aliphatic heterocycles. The maximum Gasteiger partial charge on any atom is 0.0631 e. The lowest BCUT2D eigenvalue weighted by Crippen LogP contribution is -1.71. The summed E-state index contributed by atoms with van der Waals surface area (Å²) in [6.07, 6.45) is 1.87. The fourth-order valence-corrected chi connectivity index (χ4v) is 1.78. The summed E-state index contributed by atoms with van der Waals surface area (Å²) < 4.78 is 0. The predicted octanol–water partition coefficient (Wildman–Crippen LogP) is 3.79. The highest BCUT2D eigenvalue weighted by Gasteiger charge is 1.89. The lowest BCUT2D eigenvalue weighted by atomic mass is 10.3. The summed E-state index contributed by atoms with van der Waals surface area (Å²) >= 11 is 5.89. The van der Waals surface area contributed by atoms with E-state index in [1.165, 1.54) is 4.88 Å². The topological polar surface area (TPSA) is 12.4 Å². The summed E-state index contributed by atoms with van der Waals surface area (Å²) in [7, 11) is 0. The van der Waals surface area contributed by atoms with Crippen LogP contribution in [0, 0.1) is 0 Å². The maximum absolute atomic E-state index is 4.34. The second-order valence-corrected chi connectivity index (χ2v) is 4.29. The zero-order valence-corrected chi connectivity index (χ0v) is 9.13. The van der Waals surface area contributed by atoms with Crippen LogP contribution in [0.4, 0.5) is 5.69 Å². The van der Waals surface area contributed by atoms with Gasteiger partial charge in [0.15, 0.2) is 0 Å². The van der Waals surface area contributed by atoms with Gasteiger partial charge in [0.2, 0.25) is 0 Å². The van der Waals surface area contributed by atoms with E-state index in [1.807, 2.05) is 48.0 Å². The van der Waals surface area contributed by atoms with E-state index >= 15 is 0 Å². The van der Waals surface area contributed by atoms with Gasteiger partial charge in [-0.2, -0.15) is 0 Å². The molecular formula is C11H9NS2. The fourth-order valence-electron chi connectivity index (χ4n) is 1.04. The standard InChI is InChI=1S/C11H9NS2/c13-10-5-3-9(4-6-10)12-8-11-2-1-7-14-11/h1-8,13H. The van der Waals surface area contributed by atoms with Gasteiger partial charge in [0.25, 0.3) is 0 Å². The van der Waals surface area contributed by atoms with Crippen LogP contribution in [0.15, 0.2) is 51.7 Å². The number of hydrogen-bond donors (Lipinski definition) is 1. The van der Waals surface area contributed by atoms with Gasteiger partial charge in [-0.15, -0.1) is 24.0 Å². The number of benzene rings is 1. The van der Waals surface area contributed by atoms with Crippen LogP contribution < -0.4 is 0 Å². The quantitative estimate of drug-likeness (QED) is 0.583. The van der Waals surface area contributed by atoms with Crippen LogP contribution in [-0.2, 0) is 0 Å². The van der Waals surface area contributed by atoms with Crippen LogP contribution in [0.2, 0.25) is 0 Å². The first kappa shape index (κ1) is 9.49. The van der Waals surface area contributed by atoms with Gasteiger partial charge >= 0.3 is 0 Å². The van der Waals surface area contributed by atoms with Crippen molar-refractivity contribution in [3.63, 3.8) is 0 Å². The maximum atomic E-state index is 4.34. The van der Waals surface area contributed by atoms with Crippen molar-refractivity contribution >= 4 is 35.9 Å². The molecule has 1 heterocycles. The van der Waals surface area contributed by atoms with E-state index in [-0.39, 0.29) is 0 Å². The van der Waals surface area contributed by atoms with Gasteiger partial charge in [-0.25, -0.2) is 0 Å². The summed E-state index contributed by atoms with van der Waals surface area (Å²) in [5.74, 6) is 0. The molecule has 1 nitrogen and oxygen atoms in total. The number of hydrogen-bond acceptors (Lipinski definition) is 3. The minimum atomic E-state index is 0.955. The highest BCUT2D eigenvalue weighted by atomic mass is 32.1. The van der Waals surface area contributed by atoms with Gasteiger partial charge in [-0.1, -0.05) is 6.07 Å². The zero-order chi connectivity index (χ0) is 9.80. The Morgan fingerprint density at radius 1 is 1.14 bits per heavy atom. The Kier molecular flexibility index (Phi) is 3.01. The summed E-state index contributed by atoms with van der Waals surface area (Å²) in [6, 6.07) is 11.8. The van der Waals surface area contributed by atoms with Gasteiger partial charge in [-0.3, -0.25) is 4.99 Å². The Bertz CT molecular complexity index is 415. The molecule has 3 heteroatoms. The van der Waals surface area contributed by atoms with Crippen molar-refractivity contribution in [3.8, 4) is 0 Å². The van der Waals surface area contributed by atoms with Crippen LogP contribution in [0.1, 0.15) is 4.88 Å². The molecule has 0 saturated carbocycles. The second-order valence-electron chi connectivity index (χ2n) is 2.79. The molecule has 0 fully saturated rings. The van der Waals surface area contributed by atoms with E-state index < -0.39 is 0 Å². The zero-order valence-electron chi connectivity index (χ0n) is 7.42. The first-order valence-electron chi connectivity index (χ1n) is 4.21. The molecule has 0 spiro atoms. The Morgan fingerprint density at radius 3 is 2.57 bits per heavy atom. The SMILES string of the molecule is Sc1ccc(N=Cc2cccs2)cc1. The molecular weight excluding hydrogens is 210 g/mol. The van der Waals surface area contributed by atoms with Crippen molar-refractivity contribution in [2.45, 2.75) is 4.90 Å². The average molecular weight is 219 g/mol. The van der Waals surface area contributed by atoms with E-state index in [0.717, 1.165) is 10.6 Å². The molecule has 1 aromatic heterocycles. The minimum absolute atomic E-state index is 0.955. The Balaban J connectivity index is 2.15. The summed E-state index contributed by atoms with van der Waals surface area (Å²) in [5, 5.41) is 2.04.